The molecule has 1 saturated heterocycles. The summed E-state index contributed by atoms with van der Waals surface area (Å²) in [5, 5.41) is 6.22. The van der Waals surface area contributed by atoms with Crippen molar-refractivity contribution in [1.29, 1.82) is 0 Å². The van der Waals surface area contributed by atoms with Gasteiger partial charge < -0.3 is 15.4 Å². The molecular weight excluding hydrogens is 192 g/mol. The third-order valence-electron chi connectivity index (χ3n) is 3.00. The maximum Gasteiger partial charge on any atom is 0.234 e. The number of amides is 1. The standard InChI is InChI=1S/C11H20N2O2/c14-11(8-12-7-9-1-2-9)13-10-3-5-15-6-4-10/h9-10,12H,1-8H2,(H,13,14). The maximum atomic E-state index is 11.5. The molecule has 4 heteroatoms. The molecule has 0 spiro atoms. The van der Waals surface area contributed by atoms with Gasteiger partial charge in [-0.1, -0.05) is 0 Å². The fourth-order valence-corrected chi connectivity index (χ4v) is 1.83. The number of nitrogens with one attached hydrogen (secondary N) is 2. The summed E-state index contributed by atoms with van der Waals surface area (Å²) in [5.41, 5.74) is 0. The van der Waals surface area contributed by atoms with Crippen LogP contribution < -0.4 is 10.6 Å². The summed E-state index contributed by atoms with van der Waals surface area (Å²) in [4.78, 5) is 11.5. The van der Waals surface area contributed by atoms with Crippen molar-refractivity contribution >= 4 is 5.91 Å². The van der Waals surface area contributed by atoms with E-state index >= 15 is 0 Å². The molecule has 2 aliphatic rings. The Morgan fingerprint density at radius 3 is 2.60 bits per heavy atom. The van der Waals surface area contributed by atoms with Gasteiger partial charge in [0.1, 0.15) is 0 Å². The average Bonchev–Trinajstić information content (AvgIpc) is 3.03. The summed E-state index contributed by atoms with van der Waals surface area (Å²) >= 11 is 0. The molecule has 86 valence electrons. The lowest BCUT2D eigenvalue weighted by molar-refractivity contribution is -0.121. The van der Waals surface area contributed by atoms with Crippen LogP contribution in [0.2, 0.25) is 0 Å². The van der Waals surface area contributed by atoms with Crippen LogP contribution in [-0.4, -0.2) is 38.3 Å². The molecule has 2 N–H and O–H groups in total. The molecule has 0 atom stereocenters. The lowest BCUT2D eigenvalue weighted by Crippen LogP contribution is -2.43. The number of rotatable bonds is 5. The third-order valence-corrected chi connectivity index (χ3v) is 3.00. The van der Waals surface area contributed by atoms with Crippen LogP contribution in [0.25, 0.3) is 0 Å². The highest BCUT2D eigenvalue weighted by atomic mass is 16.5. The van der Waals surface area contributed by atoms with E-state index in [-0.39, 0.29) is 5.91 Å². The summed E-state index contributed by atoms with van der Waals surface area (Å²) in [5.74, 6) is 0.962. The van der Waals surface area contributed by atoms with Crippen LogP contribution in [0.15, 0.2) is 0 Å². The fourth-order valence-electron chi connectivity index (χ4n) is 1.83. The topological polar surface area (TPSA) is 50.4 Å². The molecule has 0 aromatic carbocycles. The molecule has 1 amide bonds. The van der Waals surface area contributed by atoms with Gasteiger partial charge in [-0.3, -0.25) is 4.79 Å². The van der Waals surface area contributed by atoms with Gasteiger partial charge in [-0.05, 0) is 38.1 Å². The largest absolute Gasteiger partial charge is 0.381 e. The van der Waals surface area contributed by atoms with Crippen molar-refractivity contribution in [1.82, 2.24) is 10.6 Å². The normalized spacial score (nSPS) is 22.7. The Hall–Kier alpha value is -0.610. The second kappa shape index (κ2) is 5.47. The molecule has 1 aliphatic heterocycles. The van der Waals surface area contributed by atoms with E-state index in [4.69, 9.17) is 4.74 Å². The van der Waals surface area contributed by atoms with E-state index in [9.17, 15) is 4.79 Å². The Morgan fingerprint density at radius 2 is 1.93 bits per heavy atom. The predicted molar refractivity (Wildman–Crippen MR) is 57.6 cm³/mol. The van der Waals surface area contributed by atoms with E-state index in [0.717, 1.165) is 38.5 Å². The first kappa shape index (κ1) is 10.9. The van der Waals surface area contributed by atoms with Gasteiger partial charge >= 0.3 is 0 Å². The minimum Gasteiger partial charge on any atom is -0.381 e. The number of hydrogen-bond acceptors (Lipinski definition) is 3. The quantitative estimate of drug-likeness (QED) is 0.688. The third kappa shape index (κ3) is 4.18. The minimum absolute atomic E-state index is 0.127. The van der Waals surface area contributed by atoms with Gasteiger partial charge in [0.05, 0.1) is 6.54 Å². The second-order valence-corrected chi connectivity index (χ2v) is 4.53. The molecule has 2 fully saturated rings. The Kier molecular flexibility index (Phi) is 3.97. The molecule has 15 heavy (non-hydrogen) atoms. The van der Waals surface area contributed by atoms with Crippen LogP contribution in [0.1, 0.15) is 25.7 Å². The lowest BCUT2D eigenvalue weighted by atomic mass is 10.1. The highest BCUT2D eigenvalue weighted by Crippen LogP contribution is 2.27. The fraction of sp³-hybridized carbons (Fsp3) is 0.909. The van der Waals surface area contributed by atoms with Crippen LogP contribution in [0.4, 0.5) is 0 Å². The first-order chi connectivity index (χ1) is 7.34. The minimum atomic E-state index is 0.127. The van der Waals surface area contributed by atoms with Gasteiger partial charge in [0.15, 0.2) is 0 Å². The molecule has 2 rings (SSSR count). The van der Waals surface area contributed by atoms with Gasteiger partial charge in [0.25, 0.3) is 0 Å². The Balaban J connectivity index is 1.54. The number of carbonyl (C=O) groups excluding carboxylic acids is 1. The average molecular weight is 212 g/mol. The molecule has 0 unspecified atom stereocenters. The van der Waals surface area contributed by atoms with Crippen molar-refractivity contribution in [3.63, 3.8) is 0 Å². The molecule has 1 heterocycles. The smallest absolute Gasteiger partial charge is 0.234 e. The van der Waals surface area contributed by atoms with E-state index in [1.165, 1.54) is 12.8 Å². The summed E-state index contributed by atoms with van der Waals surface area (Å²) < 4.78 is 5.24. The first-order valence-corrected chi connectivity index (χ1v) is 5.92. The lowest BCUT2D eigenvalue weighted by Gasteiger charge is -2.23. The van der Waals surface area contributed by atoms with Gasteiger partial charge in [-0.25, -0.2) is 0 Å². The highest BCUT2D eigenvalue weighted by molar-refractivity contribution is 5.78. The Labute approximate surface area is 90.8 Å². The Morgan fingerprint density at radius 1 is 1.20 bits per heavy atom. The van der Waals surface area contributed by atoms with Gasteiger partial charge in [-0.2, -0.15) is 0 Å². The van der Waals surface area contributed by atoms with Gasteiger partial charge in [0.2, 0.25) is 5.91 Å². The Bertz CT molecular complexity index is 211. The van der Waals surface area contributed by atoms with Crippen LogP contribution >= 0.6 is 0 Å². The summed E-state index contributed by atoms with van der Waals surface area (Å²) in [6.07, 6.45) is 4.56. The second-order valence-electron chi connectivity index (χ2n) is 4.53. The molecule has 1 saturated carbocycles. The summed E-state index contributed by atoms with van der Waals surface area (Å²) in [7, 11) is 0. The van der Waals surface area contributed by atoms with Crippen molar-refractivity contribution in [2.24, 2.45) is 5.92 Å². The molecular formula is C11H20N2O2. The van der Waals surface area contributed by atoms with Crippen LogP contribution in [0, 0.1) is 5.92 Å². The highest BCUT2D eigenvalue weighted by Gasteiger charge is 2.21. The van der Waals surface area contributed by atoms with Crippen molar-refractivity contribution < 1.29 is 9.53 Å². The van der Waals surface area contributed by atoms with Crippen molar-refractivity contribution in [3.8, 4) is 0 Å². The van der Waals surface area contributed by atoms with Crippen molar-refractivity contribution in [2.75, 3.05) is 26.3 Å². The van der Waals surface area contributed by atoms with Crippen LogP contribution in [0.3, 0.4) is 0 Å². The van der Waals surface area contributed by atoms with E-state index in [0.29, 0.717) is 12.6 Å². The van der Waals surface area contributed by atoms with Crippen molar-refractivity contribution in [3.05, 3.63) is 0 Å². The van der Waals surface area contributed by atoms with Gasteiger partial charge in [0, 0.05) is 19.3 Å². The molecule has 0 bridgehead atoms. The maximum absolute atomic E-state index is 11.5. The molecule has 1 aliphatic carbocycles. The van der Waals surface area contributed by atoms with Gasteiger partial charge in [-0.15, -0.1) is 0 Å². The van der Waals surface area contributed by atoms with E-state index in [1.807, 2.05) is 0 Å². The number of hydrogen-bond donors (Lipinski definition) is 2. The first-order valence-electron chi connectivity index (χ1n) is 5.92. The molecule has 0 aromatic heterocycles. The zero-order valence-electron chi connectivity index (χ0n) is 9.13. The zero-order chi connectivity index (χ0) is 10.5. The summed E-state index contributed by atoms with van der Waals surface area (Å²) in [6, 6.07) is 0.328. The van der Waals surface area contributed by atoms with Crippen LogP contribution in [0.5, 0.6) is 0 Å². The number of carbonyl (C=O) groups is 1. The number of ether oxygens (including phenoxy) is 1. The van der Waals surface area contributed by atoms with E-state index in [2.05, 4.69) is 10.6 Å². The molecule has 0 aromatic rings. The summed E-state index contributed by atoms with van der Waals surface area (Å²) in [6.45, 7) is 3.02. The van der Waals surface area contributed by atoms with E-state index in [1.54, 1.807) is 0 Å². The zero-order valence-corrected chi connectivity index (χ0v) is 9.13. The predicted octanol–water partition coefficient (Wildman–Crippen LogP) is 0.281. The van der Waals surface area contributed by atoms with Crippen LogP contribution in [-0.2, 0) is 9.53 Å². The molecule has 4 nitrogen and oxygen atoms in total. The van der Waals surface area contributed by atoms with Crippen molar-refractivity contribution in [2.45, 2.75) is 31.7 Å². The SMILES string of the molecule is O=C(CNCC1CC1)NC1CCOCC1. The monoisotopic (exact) mass is 212 g/mol. The van der Waals surface area contributed by atoms with E-state index < -0.39 is 0 Å². The molecule has 0 radical (unpaired) electrons.